The van der Waals surface area contributed by atoms with E-state index < -0.39 is 10.0 Å². The number of nitrogens with zero attached hydrogens (tertiary/aromatic N) is 3. The molecule has 0 saturated heterocycles. The number of nitrogens with one attached hydrogen (secondary N) is 1. The molecule has 0 spiro atoms. The van der Waals surface area contributed by atoms with Gasteiger partial charge in [-0.2, -0.15) is 0 Å². The van der Waals surface area contributed by atoms with E-state index in [2.05, 4.69) is 14.7 Å². The number of hydrogen-bond donors (Lipinski definition) is 1. The quantitative estimate of drug-likeness (QED) is 0.472. The monoisotopic (exact) mass is 342 g/mol. The van der Waals surface area contributed by atoms with Crippen LogP contribution in [0.15, 0.2) is 70.2 Å². The molecule has 0 aliphatic rings. The summed E-state index contributed by atoms with van der Waals surface area (Å²) < 4.78 is 27.2. The van der Waals surface area contributed by atoms with Crippen LogP contribution in [0.4, 0.5) is 0 Å². The average Bonchev–Trinajstić information content (AvgIpc) is 2.58. The Kier molecular flexibility index (Phi) is 6.14. The number of aryl methyl sites for hydroxylation is 1. The third-order valence-electron chi connectivity index (χ3n) is 3.33. The number of benzene rings is 2. The van der Waals surface area contributed by atoms with Crippen LogP contribution in [0.5, 0.6) is 0 Å². The molecule has 0 heterocycles. The minimum Gasteiger partial charge on any atom is -0.207 e. The number of rotatable bonds is 7. The summed E-state index contributed by atoms with van der Waals surface area (Å²) in [4.78, 5) is 2.94. The van der Waals surface area contributed by atoms with Gasteiger partial charge in [0.15, 0.2) is 0 Å². The van der Waals surface area contributed by atoms with Gasteiger partial charge in [-0.15, -0.1) is 0 Å². The summed E-state index contributed by atoms with van der Waals surface area (Å²) in [5.41, 5.74) is 11.1. The molecule has 0 aliphatic heterocycles. The van der Waals surface area contributed by atoms with Crippen molar-refractivity contribution in [3.63, 3.8) is 0 Å². The average molecular weight is 342 g/mol. The Balaban J connectivity index is 2.16. The highest BCUT2D eigenvalue weighted by atomic mass is 32.2. The molecule has 2 aromatic carbocycles. The molecule has 124 valence electrons. The van der Waals surface area contributed by atoms with Crippen molar-refractivity contribution in [3.8, 4) is 0 Å². The fourth-order valence-corrected chi connectivity index (χ4v) is 3.08. The van der Waals surface area contributed by atoms with E-state index in [0.29, 0.717) is 5.57 Å². The number of sulfonamides is 1. The van der Waals surface area contributed by atoms with Crippen molar-refractivity contribution in [1.82, 2.24) is 4.72 Å². The van der Waals surface area contributed by atoms with E-state index in [1.165, 1.54) is 0 Å². The van der Waals surface area contributed by atoms with Gasteiger partial charge < -0.3 is 0 Å². The van der Waals surface area contributed by atoms with Crippen LogP contribution in [0, 0.1) is 6.92 Å². The number of azide groups is 1. The molecule has 0 unspecified atom stereocenters. The van der Waals surface area contributed by atoms with Gasteiger partial charge in [-0.25, -0.2) is 13.1 Å². The molecule has 1 N–H and O–H groups in total. The third-order valence-corrected chi connectivity index (χ3v) is 4.75. The molecule has 6 nitrogen and oxygen atoms in total. The number of hydrogen-bond acceptors (Lipinski definition) is 3. The third kappa shape index (κ3) is 5.24. The Hall–Kier alpha value is -2.60. The van der Waals surface area contributed by atoms with Crippen LogP contribution < -0.4 is 4.72 Å². The summed E-state index contributed by atoms with van der Waals surface area (Å²) in [7, 11) is -3.62. The van der Waals surface area contributed by atoms with Gasteiger partial charge in [0.25, 0.3) is 0 Å². The van der Waals surface area contributed by atoms with Crippen LogP contribution in [0.1, 0.15) is 11.1 Å². The predicted molar refractivity (Wildman–Crippen MR) is 94.8 cm³/mol. The maximum atomic E-state index is 12.3. The van der Waals surface area contributed by atoms with Gasteiger partial charge in [0.05, 0.1) is 4.90 Å². The predicted octanol–water partition coefficient (Wildman–Crippen LogP) is 3.67. The second kappa shape index (κ2) is 8.31. The summed E-state index contributed by atoms with van der Waals surface area (Å²) in [6.45, 7) is 2.07. The largest absolute Gasteiger partial charge is 0.240 e. The lowest BCUT2D eigenvalue weighted by atomic mass is 10.1. The van der Waals surface area contributed by atoms with Crippen LogP contribution >= 0.6 is 0 Å². The van der Waals surface area contributed by atoms with Gasteiger partial charge in [0.2, 0.25) is 10.0 Å². The first-order valence-corrected chi connectivity index (χ1v) is 8.81. The maximum absolute atomic E-state index is 12.3. The molecule has 0 aromatic heterocycles. The molecule has 24 heavy (non-hydrogen) atoms. The maximum Gasteiger partial charge on any atom is 0.240 e. The van der Waals surface area contributed by atoms with Gasteiger partial charge in [-0.1, -0.05) is 59.2 Å². The zero-order valence-corrected chi connectivity index (χ0v) is 14.1. The fourth-order valence-electron chi connectivity index (χ4n) is 2.05. The lowest BCUT2D eigenvalue weighted by molar-refractivity contribution is 0.584. The first-order valence-electron chi connectivity index (χ1n) is 7.33. The lowest BCUT2D eigenvalue weighted by Crippen LogP contribution is -2.26. The van der Waals surface area contributed by atoms with Crippen molar-refractivity contribution in [2.75, 3.05) is 13.1 Å². The van der Waals surface area contributed by atoms with Crippen LogP contribution in [-0.4, -0.2) is 21.5 Å². The van der Waals surface area contributed by atoms with E-state index in [0.717, 1.165) is 11.1 Å². The Labute approximate surface area is 141 Å². The molecule has 2 aromatic rings. The molecule has 0 atom stereocenters. The highest BCUT2D eigenvalue weighted by Gasteiger charge is 2.13. The summed E-state index contributed by atoms with van der Waals surface area (Å²) >= 11 is 0. The highest BCUT2D eigenvalue weighted by molar-refractivity contribution is 7.89. The van der Waals surface area contributed by atoms with Crippen molar-refractivity contribution in [2.24, 2.45) is 5.11 Å². The molecular weight excluding hydrogens is 324 g/mol. The zero-order chi connectivity index (χ0) is 17.4. The Morgan fingerprint density at radius 2 is 1.83 bits per heavy atom. The molecule has 2 rings (SSSR count). The van der Waals surface area contributed by atoms with Gasteiger partial charge in [-0.05, 0) is 35.7 Å². The first kappa shape index (κ1) is 17.7. The Bertz CT molecular complexity index is 853. The molecular formula is C17H18N4O2S. The minimum absolute atomic E-state index is 0.0735. The second-order valence-corrected chi connectivity index (χ2v) is 7.01. The van der Waals surface area contributed by atoms with Crippen molar-refractivity contribution < 1.29 is 8.42 Å². The van der Waals surface area contributed by atoms with Gasteiger partial charge >= 0.3 is 0 Å². The van der Waals surface area contributed by atoms with Crippen molar-refractivity contribution in [1.29, 1.82) is 0 Å². The molecule has 7 heteroatoms. The van der Waals surface area contributed by atoms with Crippen LogP contribution in [0.25, 0.3) is 16.5 Å². The van der Waals surface area contributed by atoms with Crippen LogP contribution in [0.2, 0.25) is 0 Å². The summed E-state index contributed by atoms with van der Waals surface area (Å²) in [5, 5.41) is 3.53. The summed E-state index contributed by atoms with van der Waals surface area (Å²) in [5.74, 6) is 0. The normalized spacial score (nSPS) is 11.8. The summed E-state index contributed by atoms with van der Waals surface area (Å²) in [6, 6.07) is 16.1. The summed E-state index contributed by atoms with van der Waals surface area (Å²) in [6.07, 6.45) is 1.81. The minimum atomic E-state index is -3.62. The SMILES string of the molecule is Cc1ccc(S(=O)(=O)NC/C(=C\c2ccccc2)CN=[N+]=[N-])cc1. The molecule has 0 radical (unpaired) electrons. The van der Waals surface area contributed by atoms with Crippen molar-refractivity contribution in [3.05, 3.63) is 81.7 Å². The lowest BCUT2D eigenvalue weighted by Gasteiger charge is -2.09. The molecule has 0 saturated carbocycles. The van der Waals surface area contributed by atoms with Crippen LogP contribution in [0.3, 0.4) is 0 Å². The van der Waals surface area contributed by atoms with Gasteiger partial charge in [0, 0.05) is 18.0 Å². The van der Waals surface area contributed by atoms with Crippen molar-refractivity contribution >= 4 is 16.1 Å². The first-order chi connectivity index (χ1) is 11.5. The van der Waals surface area contributed by atoms with E-state index >= 15 is 0 Å². The standard InChI is InChI=1S/C17H18N4O2S/c1-14-7-9-17(10-8-14)24(22,23)20-13-16(12-19-21-18)11-15-5-3-2-4-6-15/h2-11,20H,12-13H2,1H3/b16-11-. The Morgan fingerprint density at radius 1 is 1.17 bits per heavy atom. The molecule has 0 fully saturated rings. The second-order valence-electron chi connectivity index (χ2n) is 5.24. The van der Waals surface area contributed by atoms with E-state index in [-0.39, 0.29) is 18.0 Å². The molecule has 0 aliphatic carbocycles. The van der Waals surface area contributed by atoms with E-state index in [4.69, 9.17) is 5.53 Å². The van der Waals surface area contributed by atoms with Crippen molar-refractivity contribution in [2.45, 2.75) is 11.8 Å². The fraction of sp³-hybridized carbons (Fsp3) is 0.176. The van der Waals surface area contributed by atoms with Crippen LogP contribution in [-0.2, 0) is 10.0 Å². The van der Waals surface area contributed by atoms with Gasteiger partial charge in [-0.3, -0.25) is 0 Å². The van der Waals surface area contributed by atoms with Gasteiger partial charge in [0.1, 0.15) is 0 Å². The topological polar surface area (TPSA) is 94.9 Å². The van der Waals surface area contributed by atoms with E-state index in [1.807, 2.05) is 43.3 Å². The van der Waals surface area contributed by atoms with E-state index in [9.17, 15) is 8.42 Å². The molecule has 0 amide bonds. The smallest absolute Gasteiger partial charge is 0.207 e. The molecule has 0 bridgehead atoms. The highest BCUT2D eigenvalue weighted by Crippen LogP contribution is 2.11. The van der Waals surface area contributed by atoms with E-state index in [1.54, 1.807) is 24.3 Å². The zero-order valence-electron chi connectivity index (χ0n) is 13.3. The Morgan fingerprint density at radius 3 is 2.46 bits per heavy atom.